The molecule has 2 rings (SSSR count). The fraction of sp³-hybridized carbons (Fsp3) is 0.600. The smallest absolute Gasteiger partial charge is 0.307 e. The Bertz CT molecular complexity index is 458. The van der Waals surface area contributed by atoms with Gasteiger partial charge in [-0.3, -0.25) is 19.6 Å². The molecular formula is C10H15N5O3. The van der Waals surface area contributed by atoms with Crippen molar-refractivity contribution >= 4 is 11.6 Å². The van der Waals surface area contributed by atoms with Crippen molar-refractivity contribution in [1.29, 1.82) is 0 Å². The van der Waals surface area contributed by atoms with E-state index in [1.54, 1.807) is 4.90 Å². The van der Waals surface area contributed by atoms with Gasteiger partial charge in [0, 0.05) is 25.7 Å². The molecular weight excluding hydrogens is 238 g/mol. The van der Waals surface area contributed by atoms with Crippen molar-refractivity contribution in [1.82, 2.24) is 20.0 Å². The highest BCUT2D eigenvalue weighted by Crippen LogP contribution is 2.09. The Morgan fingerprint density at radius 3 is 3.11 bits per heavy atom. The van der Waals surface area contributed by atoms with E-state index in [-0.39, 0.29) is 24.2 Å². The molecule has 1 aromatic heterocycles. The zero-order valence-electron chi connectivity index (χ0n) is 10.1. The van der Waals surface area contributed by atoms with Crippen LogP contribution in [0.5, 0.6) is 0 Å². The molecule has 8 nitrogen and oxygen atoms in total. The van der Waals surface area contributed by atoms with Crippen LogP contribution < -0.4 is 5.32 Å². The molecule has 1 aliphatic rings. The molecule has 1 aliphatic heterocycles. The molecule has 0 aliphatic carbocycles. The van der Waals surface area contributed by atoms with E-state index in [1.165, 1.54) is 10.9 Å². The van der Waals surface area contributed by atoms with Crippen LogP contribution in [0, 0.1) is 10.1 Å². The van der Waals surface area contributed by atoms with E-state index < -0.39 is 4.92 Å². The first kappa shape index (κ1) is 12.5. The van der Waals surface area contributed by atoms with Gasteiger partial charge in [0.1, 0.15) is 18.9 Å². The summed E-state index contributed by atoms with van der Waals surface area (Å²) in [5.41, 5.74) is -0.101. The molecule has 1 amide bonds. The van der Waals surface area contributed by atoms with Gasteiger partial charge in [0.15, 0.2) is 0 Å². The first-order valence-corrected chi connectivity index (χ1v) is 5.75. The Balaban J connectivity index is 1.99. The SMILES string of the molecule is C[C@H]1CNCCN1C(=O)Cn1cc([N+](=O)[O-])cn1. The molecule has 98 valence electrons. The summed E-state index contributed by atoms with van der Waals surface area (Å²) in [6.45, 7) is 4.21. The van der Waals surface area contributed by atoms with Gasteiger partial charge in [0.25, 0.3) is 0 Å². The number of amides is 1. The van der Waals surface area contributed by atoms with Crippen LogP contribution in [0.2, 0.25) is 0 Å². The quantitative estimate of drug-likeness (QED) is 0.585. The van der Waals surface area contributed by atoms with E-state index in [0.29, 0.717) is 6.54 Å². The maximum atomic E-state index is 12.0. The van der Waals surface area contributed by atoms with E-state index in [1.807, 2.05) is 6.92 Å². The van der Waals surface area contributed by atoms with Crippen molar-refractivity contribution < 1.29 is 9.72 Å². The fourth-order valence-electron chi connectivity index (χ4n) is 1.97. The molecule has 0 aromatic carbocycles. The second kappa shape index (κ2) is 5.13. The van der Waals surface area contributed by atoms with Crippen LogP contribution in [0.3, 0.4) is 0 Å². The first-order chi connectivity index (χ1) is 8.58. The van der Waals surface area contributed by atoms with Gasteiger partial charge in [-0.05, 0) is 6.92 Å². The van der Waals surface area contributed by atoms with Crippen molar-refractivity contribution in [2.24, 2.45) is 0 Å². The Morgan fingerprint density at radius 1 is 1.72 bits per heavy atom. The summed E-state index contributed by atoms with van der Waals surface area (Å²) in [4.78, 5) is 23.8. The van der Waals surface area contributed by atoms with Crippen molar-refractivity contribution in [3.63, 3.8) is 0 Å². The third-order valence-electron chi connectivity index (χ3n) is 2.95. The number of hydrogen-bond acceptors (Lipinski definition) is 5. The lowest BCUT2D eigenvalue weighted by molar-refractivity contribution is -0.385. The van der Waals surface area contributed by atoms with E-state index in [4.69, 9.17) is 0 Å². The van der Waals surface area contributed by atoms with Crippen molar-refractivity contribution in [3.05, 3.63) is 22.5 Å². The summed E-state index contributed by atoms with van der Waals surface area (Å²) in [7, 11) is 0. The number of nitrogens with zero attached hydrogens (tertiary/aromatic N) is 4. The van der Waals surface area contributed by atoms with Gasteiger partial charge in [-0.2, -0.15) is 5.10 Å². The van der Waals surface area contributed by atoms with E-state index in [2.05, 4.69) is 10.4 Å². The lowest BCUT2D eigenvalue weighted by Gasteiger charge is -2.33. The molecule has 1 aromatic rings. The predicted octanol–water partition coefficient (Wildman–Crippen LogP) is -0.388. The van der Waals surface area contributed by atoms with Crippen LogP contribution >= 0.6 is 0 Å². The second-order valence-electron chi connectivity index (χ2n) is 4.29. The summed E-state index contributed by atoms with van der Waals surface area (Å²) in [5.74, 6) is -0.0676. The molecule has 2 heterocycles. The van der Waals surface area contributed by atoms with Gasteiger partial charge in [-0.15, -0.1) is 0 Å². The number of nitrogens with one attached hydrogen (secondary N) is 1. The minimum atomic E-state index is -0.526. The monoisotopic (exact) mass is 253 g/mol. The number of carbonyl (C=O) groups is 1. The minimum absolute atomic E-state index is 0.0399. The maximum Gasteiger partial charge on any atom is 0.307 e. The van der Waals surface area contributed by atoms with Crippen LogP contribution in [0.25, 0.3) is 0 Å². The Labute approximate surface area is 104 Å². The van der Waals surface area contributed by atoms with Gasteiger partial charge in [-0.1, -0.05) is 0 Å². The lowest BCUT2D eigenvalue weighted by Crippen LogP contribution is -2.53. The third kappa shape index (κ3) is 2.65. The number of nitro groups is 1. The van der Waals surface area contributed by atoms with Crippen molar-refractivity contribution in [2.45, 2.75) is 19.5 Å². The van der Waals surface area contributed by atoms with E-state index in [9.17, 15) is 14.9 Å². The molecule has 1 fully saturated rings. The van der Waals surface area contributed by atoms with Crippen molar-refractivity contribution in [2.75, 3.05) is 19.6 Å². The number of piperazine rings is 1. The van der Waals surface area contributed by atoms with Gasteiger partial charge < -0.3 is 10.2 Å². The van der Waals surface area contributed by atoms with Gasteiger partial charge in [0.2, 0.25) is 5.91 Å². The average Bonchev–Trinajstić information content (AvgIpc) is 2.78. The minimum Gasteiger partial charge on any atom is -0.336 e. The average molecular weight is 253 g/mol. The Hall–Kier alpha value is -1.96. The molecule has 18 heavy (non-hydrogen) atoms. The summed E-state index contributed by atoms with van der Waals surface area (Å²) < 4.78 is 1.30. The zero-order chi connectivity index (χ0) is 13.1. The lowest BCUT2D eigenvalue weighted by atomic mass is 10.2. The highest BCUT2D eigenvalue weighted by Gasteiger charge is 2.23. The van der Waals surface area contributed by atoms with Crippen LogP contribution in [0.1, 0.15) is 6.92 Å². The summed E-state index contributed by atoms with van der Waals surface area (Å²) >= 11 is 0. The van der Waals surface area contributed by atoms with Crippen LogP contribution in [0.15, 0.2) is 12.4 Å². The summed E-state index contributed by atoms with van der Waals surface area (Å²) in [5, 5.41) is 17.5. The second-order valence-corrected chi connectivity index (χ2v) is 4.29. The topological polar surface area (TPSA) is 93.3 Å². The number of aromatic nitrogens is 2. The predicted molar refractivity (Wildman–Crippen MR) is 62.9 cm³/mol. The molecule has 0 saturated carbocycles. The van der Waals surface area contributed by atoms with Gasteiger partial charge in [-0.25, -0.2) is 0 Å². The highest BCUT2D eigenvalue weighted by molar-refractivity contribution is 5.76. The molecule has 1 saturated heterocycles. The number of hydrogen-bond donors (Lipinski definition) is 1. The summed E-state index contributed by atoms with van der Waals surface area (Å²) in [6, 6.07) is 0.136. The van der Waals surface area contributed by atoms with Crippen molar-refractivity contribution in [3.8, 4) is 0 Å². The molecule has 0 spiro atoms. The Kier molecular flexibility index (Phi) is 3.56. The standard InChI is InChI=1S/C10H15N5O3/c1-8-4-11-2-3-14(8)10(16)7-13-6-9(5-12-13)15(17)18/h5-6,8,11H,2-4,7H2,1H3/t8-/m0/s1. The molecule has 0 bridgehead atoms. The third-order valence-corrected chi connectivity index (χ3v) is 2.95. The zero-order valence-corrected chi connectivity index (χ0v) is 10.1. The maximum absolute atomic E-state index is 12.0. The fourth-order valence-corrected chi connectivity index (χ4v) is 1.97. The van der Waals surface area contributed by atoms with Gasteiger partial charge in [0.05, 0.1) is 4.92 Å². The summed E-state index contributed by atoms with van der Waals surface area (Å²) in [6.07, 6.45) is 2.42. The molecule has 0 radical (unpaired) electrons. The Morgan fingerprint density at radius 2 is 2.50 bits per heavy atom. The highest BCUT2D eigenvalue weighted by atomic mass is 16.6. The number of rotatable bonds is 3. The normalized spacial score (nSPS) is 19.8. The molecule has 8 heteroatoms. The van der Waals surface area contributed by atoms with Crippen LogP contribution in [-0.4, -0.2) is 51.2 Å². The van der Waals surface area contributed by atoms with E-state index in [0.717, 1.165) is 19.3 Å². The first-order valence-electron chi connectivity index (χ1n) is 5.75. The molecule has 1 N–H and O–H groups in total. The number of carbonyl (C=O) groups excluding carboxylic acids is 1. The molecule has 0 unspecified atom stereocenters. The van der Waals surface area contributed by atoms with E-state index >= 15 is 0 Å². The largest absolute Gasteiger partial charge is 0.336 e. The molecule has 1 atom stereocenters. The van der Waals surface area contributed by atoms with Crippen LogP contribution in [-0.2, 0) is 11.3 Å². The van der Waals surface area contributed by atoms with Gasteiger partial charge >= 0.3 is 5.69 Å². The van der Waals surface area contributed by atoms with Crippen LogP contribution in [0.4, 0.5) is 5.69 Å².